The fourth-order valence-corrected chi connectivity index (χ4v) is 3.11. The van der Waals surface area contributed by atoms with Crippen LogP contribution in [0.25, 0.3) is 0 Å². The Morgan fingerprint density at radius 1 is 1.47 bits per heavy atom. The van der Waals surface area contributed by atoms with Crippen LogP contribution in [0.5, 0.6) is 0 Å². The first-order chi connectivity index (χ1) is 8.22. The number of carbonyl (C=O) groups excluding carboxylic acids is 1. The summed E-state index contributed by atoms with van der Waals surface area (Å²) in [6, 6.07) is 0.898. The Morgan fingerprint density at radius 3 is 2.94 bits per heavy atom. The number of rotatable bonds is 4. The normalized spacial score (nSPS) is 34.1. The molecule has 3 atom stereocenters. The number of hydrogen-bond donors (Lipinski definition) is 2. The summed E-state index contributed by atoms with van der Waals surface area (Å²) < 4.78 is 0. The van der Waals surface area contributed by atoms with Crippen molar-refractivity contribution in [2.45, 2.75) is 45.2 Å². The predicted molar refractivity (Wildman–Crippen MR) is 68.9 cm³/mol. The minimum Gasteiger partial charge on any atom is -0.354 e. The van der Waals surface area contributed by atoms with Gasteiger partial charge in [-0.3, -0.25) is 9.69 Å². The Kier molecular flexibility index (Phi) is 4.40. The van der Waals surface area contributed by atoms with Crippen molar-refractivity contribution in [1.29, 1.82) is 0 Å². The molecule has 2 heterocycles. The van der Waals surface area contributed by atoms with Gasteiger partial charge in [0.05, 0.1) is 5.92 Å². The van der Waals surface area contributed by atoms with Gasteiger partial charge in [0.25, 0.3) is 0 Å². The van der Waals surface area contributed by atoms with Crippen LogP contribution in [-0.4, -0.2) is 49.1 Å². The largest absolute Gasteiger partial charge is 0.354 e. The lowest BCUT2D eigenvalue weighted by Crippen LogP contribution is -2.43. The smallest absolute Gasteiger partial charge is 0.224 e. The van der Waals surface area contributed by atoms with E-state index in [1.54, 1.807) is 0 Å². The second kappa shape index (κ2) is 5.83. The molecule has 0 bridgehead atoms. The number of carbonyl (C=O) groups is 1. The molecule has 0 aliphatic carbocycles. The first-order valence-electron chi connectivity index (χ1n) is 6.97. The van der Waals surface area contributed by atoms with Gasteiger partial charge < -0.3 is 10.6 Å². The monoisotopic (exact) mass is 239 g/mol. The molecule has 2 aliphatic heterocycles. The molecule has 2 aliphatic rings. The Labute approximate surface area is 104 Å². The van der Waals surface area contributed by atoms with E-state index in [4.69, 9.17) is 0 Å². The molecule has 98 valence electrons. The van der Waals surface area contributed by atoms with E-state index in [2.05, 4.69) is 29.4 Å². The molecule has 2 rings (SSSR count). The highest BCUT2D eigenvalue weighted by Crippen LogP contribution is 2.17. The first-order valence-corrected chi connectivity index (χ1v) is 6.97. The number of nitrogens with zero attached hydrogens (tertiary/aromatic N) is 1. The standard InChI is InChI=1S/C13H25N3O/c1-3-16-8-4-5-11(16)9-15-13(17)12-6-7-14-10(12)2/h10-12,14H,3-9H2,1-2H3,(H,15,17). The van der Waals surface area contributed by atoms with Gasteiger partial charge in [0.15, 0.2) is 0 Å². The highest BCUT2D eigenvalue weighted by molar-refractivity contribution is 5.79. The minimum absolute atomic E-state index is 0.173. The van der Waals surface area contributed by atoms with Crippen molar-refractivity contribution in [1.82, 2.24) is 15.5 Å². The molecule has 0 saturated carbocycles. The number of likely N-dealkylation sites (N-methyl/N-ethyl adjacent to an activating group) is 1. The quantitative estimate of drug-likeness (QED) is 0.754. The van der Waals surface area contributed by atoms with Crippen molar-refractivity contribution in [2.24, 2.45) is 5.92 Å². The number of likely N-dealkylation sites (tertiary alicyclic amines) is 1. The third-order valence-electron chi connectivity index (χ3n) is 4.28. The van der Waals surface area contributed by atoms with Crippen LogP contribution in [-0.2, 0) is 4.79 Å². The summed E-state index contributed by atoms with van der Waals surface area (Å²) in [6.45, 7) is 8.40. The average Bonchev–Trinajstić information content (AvgIpc) is 2.94. The SMILES string of the molecule is CCN1CCCC1CNC(=O)C1CCNC1C. The number of hydrogen-bond acceptors (Lipinski definition) is 3. The molecule has 1 amide bonds. The van der Waals surface area contributed by atoms with E-state index in [0.717, 1.165) is 26.1 Å². The molecular weight excluding hydrogens is 214 g/mol. The van der Waals surface area contributed by atoms with Crippen molar-refractivity contribution in [3.8, 4) is 0 Å². The second-order valence-corrected chi connectivity index (χ2v) is 5.31. The molecule has 0 radical (unpaired) electrons. The predicted octanol–water partition coefficient (Wildman–Crippen LogP) is 0.585. The van der Waals surface area contributed by atoms with Crippen molar-refractivity contribution in [2.75, 3.05) is 26.2 Å². The molecule has 2 N–H and O–H groups in total. The van der Waals surface area contributed by atoms with Crippen molar-refractivity contribution < 1.29 is 4.79 Å². The molecule has 0 aromatic rings. The van der Waals surface area contributed by atoms with E-state index in [-0.39, 0.29) is 11.8 Å². The molecule has 2 saturated heterocycles. The maximum absolute atomic E-state index is 12.0. The van der Waals surface area contributed by atoms with Gasteiger partial charge in [0, 0.05) is 18.6 Å². The van der Waals surface area contributed by atoms with Crippen LogP contribution in [0.1, 0.15) is 33.1 Å². The van der Waals surface area contributed by atoms with Crippen LogP contribution in [0.2, 0.25) is 0 Å². The van der Waals surface area contributed by atoms with Crippen LogP contribution in [0.15, 0.2) is 0 Å². The Morgan fingerprint density at radius 2 is 2.29 bits per heavy atom. The zero-order chi connectivity index (χ0) is 12.3. The van der Waals surface area contributed by atoms with Gasteiger partial charge in [0.1, 0.15) is 0 Å². The van der Waals surface area contributed by atoms with Gasteiger partial charge in [-0.1, -0.05) is 6.92 Å². The lowest BCUT2D eigenvalue weighted by molar-refractivity contribution is -0.125. The summed E-state index contributed by atoms with van der Waals surface area (Å²) in [5.74, 6) is 0.414. The highest BCUT2D eigenvalue weighted by Gasteiger charge is 2.30. The van der Waals surface area contributed by atoms with Crippen LogP contribution in [0, 0.1) is 5.92 Å². The van der Waals surface area contributed by atoms with Crippen LogP contribution in [0.4, 0.5) is 0 Å². The molecule has 4 heteroatoms. The topological polar surface area (TPSA) is 44.4 Å². The Balaban J connectivity index is 1.76. The molecule has 0 aromatic heterocycles. The van der Waals surface area contributed by atoms with E-state index in [0.29, 0.717) is 12.1 Å². The molecule has 4 nitrogen and oxygen atoms in total. The zero-order valence-electron chi connectivity index (χ0n) is 11.0. The fraction of sp³-hybridized carbons (Fsp3) is 0.923. The van der Waals surface area contributed by atoms with Crippen LogP contribution >= 0.6 is 0 Å². The summed E-state index contributed by atoms with van der Waals surface area (Å²) in [5, 5.41) is 6.47. The van der Waals surface area contributed by atoms with E-state index < -0.39 is 0 Å². The second-order valence-electron chi connectivity index (χ2n) is 5.31. The summed E-state index contributed by atoms with van der Waals surface area (Å²) >= 11 is 0. The zero-order valence-corrected chi connectivity index (χ0v) is 11.0. The molecule has 0 spiro atoms. The van der Waals surface area contributed by atoms with E-state index >= 15 is 0 Å². The molecule has 2 fully saturated rings. The lowest BCUT2D eigenvalue weighted by Gasteiger charge is -2.24. The van der Waals surface area contributed by atoms with E-state index in [1.165, 1.54) is 19.4 Å². The summed E-state index contributed by atoms with van der Waals surface area (Å²) in [5.41, 5.74) is 0. The van der Waals surface area contributed by atoms with E-state index in [9.17, 15) is 4.79 Å². The summed E-state index contributed by atoms with van der Waals surface area (Å²) in [6.07, 6.45) is 3.48. The van der Waals surface area contributed by atoms with E-state index in [1.807, 2.05) is 0 Å². The maximum Gasteiger partial charge on any atom is 0.224 e. The maximum atomic E-state index is 12.0. The molecule has 0 aromatic carbocycles. The van der Waals surface area contributed by atoms with Crippen molar-refractivity contribution in [3.63, 3.8) is 0 Å². The molecule has 3 unspecified atom stereocenters. The van der Waals surface area contributed by atoms with Crippen LogP contribution < -0.4 is 10.6 Å². The highest BCUT2D eigenvalue weighted by atomic mass is 16.1. The summed E-state index contributed by atoms with van der Waals surface area (Å²) in [7, 11) is 0. The van der Waals surface area contributed by atoms with Gasteiger partial charge in [-0.2, -0.15) is 0 Å². The lowest BCUT2D eigenvalue weighted by atomic mass is 10.0. The van der Waals surface area contributed by atoms with Gasteiger partial charge in [-0.15, -0.1) is 0 Å². The minimum atomic E-state index is 0.173. The van der Waals surface area contributed by atoms with Crippen molar-refractivity contribution >= 4 is 5.91 Å². The molecule has 17 heavy (non-hydrogen) atoms. The number of amides is 1. The molecular formula is C13H25N3O. The Bertz CT molecular complexity index is 269. The van der Waals surface area contributed by atoms with Gasteiger partial charge in [0.2, 0.25) is 5.91 Å². The Hall–Kier alpha value is -0.610. The van der Waals surface area contributed by atoms with Gasteiger partial charge >= 0.3 is 0 Å². The van der Waals surface area contributed by atoms with Crippen molar-refractivity contribution in [3.05, 3.63) is 0 Å². The third kappa shape index (κ3) is 2.99. The third-order valence-corrected chi connectivity index (χ3v) is 4.28. The van der Waals surface area contributed by atoms with Gasteiger partial charge in [-0.25, -0.2) is 0 Å². The van der Waals surface area contributed by atoms with Crippen LogP contribution in [0.3, 0.4) is 0 Å². The first kappa shape index (κ1) is 12.8. The summed E-state index contributed by atoms with van der Waals surface area (Å²) in [4.78, 5) is 14.5. The number of nitrogens with one attached hydrogen (secondary N) is 2. The van der Waals surface area contributed by atoms with Gasteiger partial charge in [-0.05, 0) is 45.8 Å². The average molecular weight is 239 g/mol. The fourth-order valence-electron chi connectivity index (χ4n) is 3.11.